The first kappa shape index (κ1) is 22.5. The van der Waals surface area contributed by atoms with Crippen molar-refractivity contribution >= 4 is 17.7 Å². The molecular weight excluding hydrogens is 424 g/mol. The number of allylic oxidation sites excluding steroid dienone is 3. The van der Waals surface area contributed by atoms with Crippen molar-refractivity contribution in [2.45, 2.75) is 39.0 Å². The van der Waals surface area contributed by atoms with Gasteiger partial charge >= 0.3 is 11.9 Å². The molecule has 0 spiro atoms. The predicted octanol–water partition coefficient (Wildman–Crippen LogP) is 3.39. The zero-order valence-electron chi connectivity index (χ0n) is 18.8. The number of Topliss-reactive ketones (excluding diaryl/α,β-unsaturated/α-hetero) is 1. The Balaban J connectivity index is 1.87. The highest BCUT2D eigenvalue weighted by molar-refractivity contribution is 6.13. The molecule has 0 fully saturated rings. The maximum Gasteiger partial charge on any atom is 0.336 e. The van der Waals surface area contributed by atoms with Crippen LogP contribution < -0.4 is 5.32 Å². The molecular formula is C25H26N2O6. The van der Waals surface area contributed by atoms with E-state index in [0.29, 0.717) is 40.4 Å². The molecule has 1 aliphatic heterocycles. The van der Waals surface area contributed by atoms with E-state index in [1.165, 1.54) is 6.26 Å². The van der Waals surface area contributed by atoms with Crippen LogP contribution in [0.5, 0.6) is 0 Å². The van der Waals surface area contributed by atoms with Gasteiger partial charge in [-0.05, 0) is 51.5 Å². The minimum absolute atomic E-state index is 0.147. The summed E-state index contributed by atoms with van der Waals surface area (Å²) in [5, 5.41) is 3.24. The molecule has 8 heteroatoms. The van der Waals surface area contributed by atoms with Crippen molar-refractivity contribution in [2.75, 3.05) is 13.2 Å². The molecule has 0 aromatic carbocycles. The predicted molar refractivity (Wildman–Crippen MR) is 118 cm³/mol. The van der Waals surface area contributed by atoms with Gasteiger partial charge in [0, 0.05) is 29.1 Å². The van der Waals surface area contributed by atoms with Gasteiger partial charge < -0.3 is 19.2 Å². The number of pyridine rings is 1. The minimum Gasteiger partial charge on any atom is -0.469 e. The molecule has 0 unspecified atom stereocenters. The maximum absolute atomic E-state index is 14.0. The number of carbonyl (C=O) groups is 3. The number of aromatic nitrogens is 1. The number of dihydropyridines is 1. The molecule has 3 heterocycles. The number of hydrogen-bond acceptors (Lipinski definition) is 8. The van der Waals surface area contributed by atoms with Gasteiger partial charge in [-0.2, -0.15) is 0 Å². The molecule has 2 aliphatic rings. The third kappa shape index (κ3) is 4.08. The van der Waals surface area contributed by atoms with E-state index in [-0.39, 0.29) is 13.2 Å². The second kappa shape index (κ2) is 9.44. The van der Waals surface area contributed by atoms with Crippen molar-refractivity contribution in [3.63, 3.8) is 0 Å². The molecule has 4 rings (SSSR count). The Hall–Kier alpha value is -3.68. The van der Waals surface area contributed by atoms with E-state index in [0.717, 1.165) is 0 Å². The zero-order chi connectivity index (χ0) is 23.5. The highest BCUT2D eigenvalue weighted by atomic mass is 16.5. The van der Waals surface area contributed by atoms with Gasteiger partial charge in [0.1, 0.15) is 11.7 Å². The summed E-state index contributed by atoms with van der Waals surface area (Å²) in [5.41, 5.74) is 2.40. The topological polar surface area (TPSA) is 108 Å². The molecule has 8 nitrogen and oxygen atoms in total. The van der Waals surface area contributed by atoms with Crippen molar-refractivity contribution in [2.24, 2.45) is 5.92 Å². The second-order valence-corrected chi connectivity index (χ2v) is 7.88. The largest absolute Gasteiger partial charge is 0.469 e. The fraction of sp³-hybridized carbons (Fsp3) is 0.360. The third-order valence-corrected chi connectivity index (χ3v) is 5.95. The van der Waals surface area contributed by atoms with E-state index >= 15 is 0 Å². The molecule has 172 valence electrons. The number of nitrogens with zero attached hydrogens (tertiary/aromatic N) is 1. The number of nitrogens with one attached hydrogen (secondary N) is 1. The van der Waals surface area contributed by atoms with Gasteiger partial charge in [0.05, 0.1) is 36.7 Å². The Morgan fingerprint density at radius 1 is 1.15 bits per heavy atom. The molecule has 0 saturated heterocycles. The number of esters is 2. The number of carbonyl (C=O) groups excluding carboxylic acids is 3. The summed E-state index contributed by atoms with van der Waals surface area (Å²) >= 11 is 0. The number of ketones is 1. The van der Waals surface area contributed by atoms with Gasteiger partial charge in [-0.3, -0.25) is 14.6 Å². The quantitative estimate of drug-likeness (QED) is 0.527. The lowest BCUT2D eigenvalue weighted by Gasteiger charge is -2.38. The smallest absolute Gasteiger partial charge is 0.336 e. The van der Waals surface area contributed by atoms with Crippen LogP contribution in [0.2, 0.25) is 0 Å². The summed E-state index contributed by atoms with van der Waals surface area (Å²) < 4.78 is 16.2. The summed E-state index contributed by atoms with van der Waals surface area (Å²) in [7, 11) is 0. The van der Waals surface area contributed by atoms with E-state index in [1.54, 1.807) is 57.3 Å². The lowest BCUT2D eigenvalue weighted by molar-refractivity contribution is -0.152. The Kier molecular flexibility index (Phi) is 6.44. The summed E-state index contributed by atoms with van der Waals surface area (Å²) in [6.45, 7) is 5.53. The van der Waals surface area contributed by atoms with E-state index < -0.39 is 35.5 Å². The van der Waals surface area contributed by atoms with Crippen LogP contribution >= 0.6 is 0 Å². The number of ether oxygens (including phenoxy) is 2. The molecule has 0 radical (unpaired) electrons. The number of rotatable bonds is 6. The van der Waals surface area contributed by atoms with Crippen LogP contribution in [0.15, 0.2) is 69.7 Å². The molecule has 1 aliphatic carbocycles. The van der Waals surface area contributed by atoms with Crippen LogP contribution in [-0.2, 0) is 23.9 Å². The van der Waals surface area contributed by atoms with Gasteiger partial charge in [0.2, 0.25) is 0 Å². The summed E-state index contributed by atoms with van der Waals surface area (Å²) in [6.07, 6.45) is 3.47. The fourth-order valence-corrected chi connectivity index (χ4v) is 4.63. The van der Waals surface area contributed by atoms with Crippen LogP contribution in [-0.4, -0.2) is 35.9 Å². The highest BCUT2D eigenvalue weighted by Crippen LogP contribution is 2.47. The van der Waals surface area contributed by atoms with Crippen molar-refractivity contribution in [1.29, 1.82) is 0 Å². The Morgan fingerprint density at radius 3 is 2.58 bits per heavy atom. The Labute approximate surface area is 191 Å². The van der Waals surface area contributed by atoms with Crippen LogP contribution in [0.1, 0.15) is 50.5 Å². The van der Waals surface area contributed by atoms with Crippen LogP contribution in [0.25, 0.3) is 0 Å². The standard InChI is InChI=1S/C25H26N2O6/c1-4-31-24(29)19-14(3)27-17-13-15(18-10-8-12-33-18)20(25(30)32-5-2)23(28)22(17)21(19)16-9-6-7-11-26-16/h6-12,15,20-21,27H,4-5,13H2,1-3H3/t15-,20+,21+/m0/s1. The second-order valence-electron chi connectivity index (χ2n) is 7.88. The van der Waals surface area contributed by atoms with Gasteiger partial charge in [-0.1, -0.05) is 6.07 Å². The number of hydrogen-bond donors (Lipinski definition) is 1. The Morgan fingerprint density at radius 2 is 1.94 bits per heavy atom. The van der Waals surface area contributed by atoms with Crippen LogP contribution in [0, 0.1) is 5.92 Å². The van der Waals surface area contributed by atoms with Crippen molar-refractivity contribution < 1.29 is 28.3 Å². The van der Waals surface area contributed by atoms with Crippen LogP contribution in [0.3, 0.4) is 0 Å². The van der Waals surface area contributed by atoms with Crippen molar-refractivity contribution in [3.05, 3.63) is 76.8 Å². The first-order chi connectivity index (χ1) is 16.0. The first-order valence-electron chi connectivity index (χ1n) is 11.0. The number of furan rings is 1. The normalized spacial score (nSPS) is 22.5. The minimum atomic E-state index is -1.09. The van der Waals surface area contributed by atoms with Crippen LogP contribution in [0.4, 0.5) is 0 Å². The Bertz CT molecular complexity index is 1120. The average molecular weight is 450 g/mol. The van der Waals surface area contributed by atoms with E-state index in [1.807, 2.05) is 0 Å². The highest BCUT2D eigenvalue weighted by Gasteiger charge is 2.50. The zero-order valence-corrected chi connectivity index (χ0v) is 18.8. The molecule has 0 saturated carbocycles. The molecule has 2 aromatic heterocycles. The summed E-state index contributed by atoms with van der Waals surface area (Å²) in [4.78, 5) is 44.3. The van der Waals surface area contributed by atoms with Gasteiger partial charge in [0.15, 0.2) is 5.78 Å². The molecule has 1 N–H and O–H groups in total. The molecule has 3 atom stereocenters. The average Bonchev–Trinajstić information content (AvgIpc) is 3.33. The molecule has 2 aromatic rings. The first-order valence-corrected chi connectivity index (χ1v) is 11.0. The summed E-state index contributed by atoms with van der Waals surface area (Å²) in [5.74, 6) is -3.40. The maximum atomic E-state index is 14.0. The van der Waals surface area contributed by atoms with E-state index in [2.05, 4.69) is 10.3 Å². The third-order valence-electron chi connectivity index (χ3n) is 5.95. The van der Waals surface area contributed by atoms with Gasteiger partial charge in [-0.15, -0.1) is 0 Å². The van der Waals surface area contributed by atoms with E-state index in [9.17, 15) is 14.4 Å². The monoisotopic (exact) mass is 450 g/mol. The fourth-order valence-electron chi connectivity index (χ4n) is 4.63. The van der Waals surface area contributed by atoms with Crippen molar-refractivity contribution in [1.82, 2.24) is 10.3 Å². The molecule has 0 amide bonds. The SMILES string of the molecule is CCOC(=O)C1=C(C)NC2=C(C(=O)[C@H](C(=O)OCC)[C@H](c3ccco3)C2)[C@@H]1c1ccccn1. The molecule has 0 bridgehead atoms. The van der Waals surface area contributed by atoms with Gasteiger partial charge in [-0.25, -0.2) is 4.79 Å². The lowest BCUT2D eigenvalue weighted by Crippen LogP contribution is -2.43. The van der Waals surface area contributed by atoms with Gasteiger partial charge in [0.25, 0.3) is 0 Å². The molecule has 33 heavy (non-hydrogen) atoms. The lowest BCUT2D eigenvalue weighted by atomic mass is 9.69. The van der Waals surface area contributed by atoms with E-state index in [4.69, 9.17) is 13.9 Å². The summed E-state index contributed by atoms with van der Waals surface area (Å²) in [6, 6.07) is 8.79. The van der Waals surface area contributed by atoms with Crippen molar-refractivity contribution in [3.8, 4) is 0 Å².